The van der Waals surface area contributed by atoms with Gasteiger partial charge in [0.2, 0.25) is 5.91 Å². The second-order valence-electron chi connectivity index (χ2n) is 4.73. The Morgan fingerprint density at radius 2 is 1.72 bits per heavy atom. The zero-order valence-corrected chi connectivity index (χ0v) is 11.7. The molecule has 3 heteroatoms. The maximum atomic E-state index is 12.3. The number of aromatic hydroxyl groups is 1. The van der Waals surface area contributed by atoms with Gasteiger partial charge in [0.05, 0.1) is 6.04 Å². The first kappa shape index (κ1) is 14.6. The Bertz CT molecular complexity index is 382. The summed E-state index contributed by atoms with van der Waals surface area (Å²) in [7, 11) is 1.85. The van der Waals surface area contributed by atoms with E-state index in [2.05, 4.69) is 0 Å². The van der Waals surface area contributed by atoms with Gasteiger partial charge in [-0.25, -0.2) is 0 Å². The van der Waals surface area contributed by atoms with Gasteiger partial charge in [0.1, 0.15) is 5.75 Å². The molecule has 1 aromatic rings. The van der Waals surface area contributed by atoms with Crippen LogP contribution in [-0.4, -0.2) is 23.0 Å². The van der Waals surface area contributed by atoms with Crippen LogP contribution in [0.5, 0.6) is 5.75 Å². The summed E-state index contributed by atoms with van der Waals surface area (Å²) in [5.74, 6) is 0.551. The number of phenols is 1. The van der Waals surface area contributed by atoms with E-state index in [4.69, 9.17) is 0 Å². The average Bonchev–Trinajstić information content (AvgIpc) is 2.39. The highest BCUT2D eigenvalue weighted by atomic mass is 16.3. The van der Waals surface area contributed by atoms with Crippen LogP contribution in [0.15, 0.2) is 24.3 Å². The highest BCUT2D eigenvalue weighted by Crippen LogP contribution is 2.23. The number of hydrogen-bond acceptors (Lipinski definition) is 2. The summed E-state index contributed by atoms with van der Waals surface area (Å²) in [6.07, 6.45) is 1.75. The van der Waals surface area contributed by atoms with Crippen LogP contribution >= 0.6 is 0 Å². The number of nitrogens with zero attached hydrogens (tertiary/aromatic N) is 1. The fraction of sp³-hybridized carbons (Fsp3) is 0.533. The van der Waals surface area contributed by atoms with Crippen molar-refractivity contribution in [3.63, 3.8) is 0 Å². The second-order valence-corrected chi connectivity index (χ2v) is 4.73. The maximum Gasteiger partial charge on any atom is 0.225 e. The van der Waals surface area contributed by atoms with Crippen molar-refractivity contribution in [2.75, 3.05) is 7.05 Å². The molecule has 1 unspecified atom stereocenters. The predicted octanol–water partition coefficient (Wildman–Crippen LogP) is 3.35. The topological polar surface area (TPSA) is 40.5 Å². The summed E-state index contributed by atoms with van der Waals surface area (Å²) in [4.78, 5) is 14.1. The molecule has 1 N–H and O–H groups in total. The van der Waals surface area contributed by atoms with Crippen molar-refractivity contribution in [1.29, 1.82) is 0 Å². The second kappa shape index (κ2) is 6.43. The number of rotatable bonds is 5. The standard InChI is InChI=1S/C15H23NO2/c1-5-12(6-2)15(18)16(4)11(3)13-7-9-14(17)10-8-13/h7-12,17H,5-6H2,1-4H3. The molecule has 100 valence electrons. The number of benzene rings is 1. The fourth-order valence-corrected chi connectivity index (χ4v) is 2.09. The zero-order valence-electron chi connectivity index (χ0n) is 11.7. The van der Waals surface area contributed by atoms with Gasteiger partial charge < -0.3 is 10.0 Å². The van der Waals surface area contributed by atoms with Crippen LogP contribution in [0.1, 0.15) is 45.2 Å². The molecule has 0 saturated heterocycles. The summed E-state index contributed by atoms with van der Waals surface area (Å²) in [6, 6.07) is 7.05. The van der Waals surface area contributed by atoms with Gasteiger partial charge in [0.15, 0.2) is 0 Å². The van der Waals surface area contributed by atoms with Gasteiger partial charge in [-0.15, -0.1) is 0 Å². The van der Waals surface area contributed by atoms with E-state index in [1.165, 1.54) is 0 Å². The van der Waals surface area contributed by atoms with Crippen LogP contribution < -0.4 is 0 Å². The van der Waals surface area contributed by atoms with E-state index in [1.807, 2.05) is 40.0 Å². The molecule has 3 nitrogen and oxygen atoms in total. The van der Waals surface area contributed by atoms with Crippen LogP contribution in [-0.2, 0) is 4.79 Å². The first-order chi connectivity index (χ1) is 8.51. The number of hydrogen-bond donors (Lipinski definition) is 1. The van der Waals surface area contributed by atoms with Crippen LogP contribution in [0.4, 0.5) is 0 Å². The average molecular weight is 249 g/mol. The first-order valence-corrected chi connectivity index (χ1v) is 6.56. The number of phenolic OH excluding ortho intramolecular Hbond substituents is 1. The maximum absolute atomic E-state index is 12.3. The van der Waals surface area contributed by atoms with Gasteiger partial charge in [-0.2, -0.15) is 0 Å². The van der Waals surface area contributed by atoms with Gasteiger partial charge in [-0.1, -0.05) is 26.0 Å². The van der Waals surface area contributed by atoms with E-state index < -0.39 is 0 Å². The van der Waals surface area contributed by atoms with Gasteiger partial charge in [0, 0.05) is 13.0 Å². The molecule has 0 aromatic heterocycles. The van der Waals surface area contributed by atoms with Crippen molar-refractivity contribution in [2.45, 2.75) is 39.7 Å². The summed E-state index contributed by atoms with van der Waals surface area (Å²) < 4.78 is 0. The lowest BCUT2D eigenvalue weighted by Crippen LogP contribution is -2.34. The molecule has 1 amide bonds. The quantitative estimate of drug-likeness (QED) is 0.869. The molecule has 0 aliphatic carbocycles. The van der Waals surface area contributed by atoms with E-state index in [0.29, 0.717) is 0 Å². The molecule has 0 aliphatic rings. The van der Waals surface area contributed by atoms with Crippen molar-refractivity contribution in [2.24, 2.45) is 5.92 Å². The highest BCUT2D eigenvalue weighted by molar-refractivity contribution is 5.78. The Hall–Kier alpha value is -1.51. The Morgan fingerprint density at radius 3 is 2.17 bits per heavy atom. The number of amides is 1. The van der Waals surface area contributed by atoms with Crippen LogP contribution in [0.2, 0.25) is 0 Å². The van der Waals surface area contributed by atoms with Crippen molar-refractivity contribution in [3.8, 4) is 5.75 Å². The van der Waals surface area contributed by atoms with E-state index in [0.717, 1.165) is 18.4 Å². The van der Waals surface area contributed by atoms with Gasteiger partial charge in [-0.3, -0.25) is 4.79 Å². The Balaban J connectivity index is 2.80. The van der Waals surface area contributed by atoms with Crippen molar-refractivity contribution < 1.29 is 9.90 Å². The molecule has 0 spiro atoms. The third-order valence-corrected chi connectivity index (χ3v) is 3.64. The smallest absolute Gasteiger partial charge is 0.225 e. The molecule has 0 saturated carbocycles. The molecule has 0 fully saturated rings. The van der Waals surface area contributed by atoms with E-state index in [9.17, 15) is 9.90 Å². The molecule has 18 heavy (non-hydrogen) atoms. The molecule has 1 aromatic carbocycles. The summed E-state index contributed by atoms with van der Waals surface area (Å²) >= 11 is 0. The fourth-order valence-electron chi connectivity index (χ4n) is 2.09. The normalized spacial score (nSPS) is 12.5. The van der Waals surface area contributed by atoms with E-state index >= 15 is 0 Å². The SMILES string of the molecule is CCC(CC)C(=O)N(C)C(C)c1ccc(O)cc1. The third-order valence-electron chi connectivity index (χ3n) is 3.64. The van der Waals surface area contributed by atoms with Crippen molar-refractivity contribution in [1.82, 2.24) is 4.90 Å². The Labute approximate surface area is 109 Å². The summed E-state index contributed by atoms with van der Waals surface area (Å²) in [6.45, 7) is 6.10. The van der Waals surface area contributed by atoms with E-state index in [1.54, 1.807) is 17.0 Å². The zero-order chi connectivity index (χ0) is 13.7. The lowest BCUT2D eigenvalue weighted by atomic mass is 9.99. The molecular formula is C15H23NO2. The highest BCUT2D eigenvalue weighted by Gasteiger charge is 2.23. The molecule has 0 bridgehead atoms. The van der Waals surface area contributed by atoms with Crippen molar-refractivity contribution >= 4 is 5.91 Å². The molecular weight excluding hydrogens is 226 g/mol. The minimum absolute atomic E-state index is 0.0266. The van der Waals surface area contributed by atoms with Crippen molar-refractivity contribution in [3.05, 3.63) is 29.8 Å². The molecule has 1 atom stereocenters. The number of carbonyl (C=O) groups excluding carboxylic acids is 1. The van der Waals surface area contributed by atoms with Gasteiger partial charge in [0.25, 0.3) is 0 Å². The molecule has 0 heterocycles. The van der Waals surface area contributed by atoms with Gasteiger partial charge >= 0.3 is 0 Å². The first-order valence-electron chi connectivity index (χ1n) is 6.56. The molecule has 0 aliphatic heterocycles. The van der Waals surface area contributed by atoms with Gasteiger partial charge in [-0.05, 0) is 37.5 Å². The van der Waals surface area contributed by atoms with E-state index in [-0.39, 0.29) is 23.6 Å². The van der Waals surface area contributed by atoms with Crippen LogP contribution in [0.25, 0.3) is 0 Å². The minimum Gasteiger partial charge on any atom is -0.508 e. The van der Waals surface area contributed by atoms with Crippen LogP contribution in [0, 0.1) is 5.92 Å². The summed E-state index contributed by atoms with van der Waals surface area (Å²) in [5.41, 5.74) is 1.04. The third kappa shape index (κ3) is 3.25. The summed E-state index contributed by atoms with van der Waals surface area (Å²) in [5, 5.41) is 9.27. The molecule has 1 rings (SSSR count). The largest absolute Gasteiger partial charge is 0.508 e. The Morgan fingerprint density at radius 1 is 1.22 bits per heavy atom. The molecule has 0 radical (unpaired) electrons. The Kier molecular flexibility index (Phi) is 5.20. The predicted molar refractivity (Wildman–Crippen MR) is 73.4 cm³/mol. The lowest BCUT2D eigenvalue weighted by molar-refractivity contribution is -0.136. The van der Waals surface area contributed by atoms with Crippen LogP contribution in [0.3, 0.4) is 0 Å². The minimum atomic E-state index is 0.0266. The lowest BCUT2D eigenvalue weighted by Gasteiger charge is -2.28. The monoisotopic (exact) mass is 249 g/mol. The number of carbonyl (C=O) groups is 1.